The second-order valence-corrected chi connectivity index (χ2v) is 3.22. The van der Waals surface area contributed by atoms with Crippen LogP contribution in [0.4, 0.5) is 14.5 Å². The number of pyridine rings is 1. The lowest BCUT2D eigenvalue weighted by molar-refractivity contribution is -0.387. The molecule has 0 fully saturated rings. The number of methoxy groups -OCH3 is 1. The van der Waals surface area contributed by atoms with E-state index in [1.807, 2.05) is 0 Å². The molecule has 1 aromatic heterocycles. The van der Waals surface area contributed by atoms with Crippen molar-refractivity contribution < 1.29 is 28.0 Å². The quantitative estimate of drug-likeness (QED) is 0.464. The molecule has 1 rings (SSSR count). The van der Waals surface area contributed by atoms with E-state index in [4.69, 9.17) is 0 Å². The number of hydrogen-bond donors (Lipinski definition) is 0. The van der Waals surface area contributed by atoms with Gasteiger partial charge in [-0.2, -0.15) is 0 Å². The molecule has 19 heavy (non-hydrogen) atoms. The van der Waals surface area contributed by atoms with Crippen LogP contribution in [0.2, 0.25) is 0 Å². The van der Waals surface area contributed by atoms with Gasteiger partial charge in [0.05, 0.1) is 18.6 Å². The van der Waals surface area contributed by atoms with Crippen molar-refractivity contribution in [2.45, 2.75) is 13.3 Å². The van der Waals surface area contributed by atoms with Gasteiger partial charge < -0.3 is 9.47 Å². The van der Waals surface area contributed by atoms with Crippen LogP contribution < -0.4 is 4.74 Å². The second-order valence-electron chi connectivity index (χ2n) is 3.22. The summed E-state index contributed by atoms with van der Waals surface area (Å²) >= 11 is 0. The average Bonchev–Trinajstić information content (AvgIpc) is 2.36. The molecule has 0 bridgehead atoms. The summed E-state index contributed by atoms with van der Waals surface area (Å²) in [5.74, 6) is -1.62. The Labute approximate surface area is 106 Å². The standard InChI is InChI=1S/C10H10F2N2O5/c1-3-19-10(15)6-8(18-2)7(14(16)17)5(4-13-6)9(11)12/h4,9H,3H2,1-2H3. The van der Waals surface area contributed by atoms with Crippen LogP contribution in [0.3, 0.4) is 0 Å². The third kappa shape index (κ3) is 2.92. The fourth-order valence-electron chi connectivity index (χ4n) is 1.38. The van der Waals surface area contributed by atoms with Crippen molar-refractivity contribution in [3.05, 3.63) is 27.6 Å². The van der Waals surface area contributed by atoms with Crippen LogP contribution in [0.25, 0.3) is 0 Å². The Morgan fingerprint density at radius 3 is 2.63 bits per heavy atom. The number of aromatic nitrogens is 1. The maximum Gasteiger partial charge on any atom is 0.361 e. The number of alkyl halides is 2. The molecular weight excluding hydrogens is 266 g/mol. The van der Waals surface area contributed by atoms with Gasteiger partial charge in [-0.05, 0) is 6.92 Å². The van der Waals surface area contributed by atoms with Gasteiger partial charge in [-0.3, -0.25) is 10.1 Å². The molecule has 7 nitrogen and oxygen atoms in total. The summed E-state index contributed by atoms with van der Waals surface area (Å²) in [5.41, 5.74) is -2.43. The average molecular weight is 276 g/mol. The van der Waals surface area contributed by atoms with Crippen LogP contribution in [0.5, 0.6) is 5.75 Å². The third-order valence-electron chi connectivity index (χ3n) is 2.13. The van der Waals surface area contributed by atoms with E-state index in [1.54, 1.807) is 0 Å². The molecule has 9 heteroatoms. The molecular formula is C10H10F2N2O5. The molecule has 0 atom stereocenters. The van der Waals surface area contributed by atoms with E-state index in [9.17, 15) is 23.7 Å². The smallest absolute Gasteiger partial charge is 0.361 e. The Morgan fingerprint density at radius 2 is 2.21 bits per heavy atom. The van der Waals surface area contributed by atoms with Gasteiger partial charge in [-0.25, -0.2) is 18.6 Å². The van der Waals surface area contributed by atoms with Crippen LogP contribution in [0, 0.1) is 10.1 Å². The maximum atomic E-state index is 12.7. The van der Waals surface area contributed by atoms with E-state index < -0.39 is 40.0 Å². The molecule has 0 aliphatic carbocycles. The highest BCUT2D eigenvalue weighted by Crippen LogP contribution is 2.38. The van der Waals surface area contributed by atoms with Gasteiger partial charge >= 0.3 is 11.7 Å². The highest BCUT2D eigenvalue weighted by atomic mass is 19.3. The molecule has 0 spiro atoms. The minimum atomic E-state index is -3.11. The van der Waals surface area contributed by atoms with Crippen LogP contribution in [-0.4, -0.2) is 29.6 Å². The molecule has 0 saturated carbocycles. The molecule has 0 N–H and O–H groups in total. The predicted octanol–water partition coefficient (Wildman–Crippen LogP) is 2.11. The summed E-state index contributed by atoms with van der Waals surface area (Å²) < 4.78 is 34.6. The number of halogens is 2. The Kier molecular flexibility index (Phi) is 4.67. The van der Waals surface area contributed by atoms with Gasteiger partial charge in [-0.1, -0.05) is 0 Å². The first kappa shape index (κ1) is 14.7. The fourth-order valence-corrected chi connectivity index (χ4v) is 1.38. The molecule has 0 aliphatic rings. The van der Waals surface area contributed by atoms with E-state index in [2.05, 4.69) is 14.5 Å². The maximum absolute atomic E-state index is 12.7. The lowest BCUT2D eigenvalue weighted by Gasteiger charge is -2.09. The van der Waals surface area contributed by atoms with Gasteiger partial charge in [0.25, 0.3) is 6.43 Å². The fraction of sp³-hybridized carbons (Fsp3) is 0.400. The van der Waals surface area contributed by atoms with E-state index in [0.717, 1.165) is 7.11 Å². The summed E-state index contributed by atoms with van der Waals surface area (Å²) in [5, 5.41) is 10.9. The first-order valence-corrected chi connectivity index (χ1v) is 5.10. The SMILES string of the molecule is CCOC(=O)c1ncc(C(F)F)c([N+](=O)[O-])c1OC. The largest absolute Gasteiger partial charge is 0.488 e. The van der Waals surface area contributed by atoms with Crippen molar-refractivity contribution in [1.82, 2.24) is 4.98 Å². The van der Waals surface area contributed by atoms with Crippen molar-refractivity contribution in [1.29, 1.82) is 0 Å². The number of nitro groups is 1. The van der Waals surface area contributed by atoms with Gasteiger partial charge in [-0.15, -0.1) is 0 Å². The minimum Gasteiger partial charge on any atom is -0.488 e. The van der Waals surface area contributed by atoms with Crippen molar-refractivity contribution >= 4 is 11.7 Å². The van der Waals surface area contributed by atoms with E-state index >= 15 is 0 Å². The van der Waals surface area contributed by atoms with Crippen molar-refractivity contribution in [2.24, 2.45) is 0 Å². The molecule has 104 valence electrons. The molecule has 0 aromatic carbocycles. The number of ether oxygens (including phenoxy) is 2. The highest BCUT2D eigenvalue weighted by Gasteiger charge is 2.32. The van der Waals surface area contributed by atoms with Crippen molar-refractivity contribution in [2.75, 3.05) is 13.7 Å². The Bertz CT molecular complexity index is 507. The number of carbonyl (C=O) groups is 1. The monoisotopic (exact) mass is 276 g/mol. The molecule has 0 aliphatic heterocycles. The third-order valence-corrected chi connectivity index (χ3v) is 2.13. The van der Waals surface area contributed by atoms with Gasteiger partial charge in [0.15, 0.2) is 5.69 Å². The van der Waals surface area contributed by atoms with E-state index in [-0.39, 0.29) is 6.61 Å². The summed E-state index contributed by atoms with van der Waals surface area (Å²) in [7, 11) is 1.02. The summed E-state index contributed by atoms with van der Waals surface area (Å²) in [6.45, 7) is 1.53. The van der Waals surface area contributed by atoms with Gasteiger partial charge in [0.2, 0.25) is 5.75 Å². The van der Waals surface area contributed by atoms with Crippen LogP contribution >= 0.6 is 0 Å². The molecule has 0 saturated heterocycles. The zero-order valence-electron chi connectivity index (χ0n) is 10.1. The summed E-state index contributed by atoms with van der Waals surface area (Å²) in [6.07, 6.45) is -2.55. The Hall–Kier alpha value is -2.32. The molecule has 0 unspecified atom stereocenters. The molecule has 1 heterocycles. The zero-order chi connectivity index (χ0) is 14.6. The lowest BCUT2D eigenvalue weighted by atomic mass is 10.2. The number of carbonyl (C=O) groups excluding carboxylic acids is 1. The topological polar surface area (TPSA) is 91.6 Å². The Morgan fingerprint density at radius 1 is 1.58 bits per heavy atom. The first-order chi connectivity index (χ1) is 8.93. The molecule has 0 radical (unpaired) electrons. The normalized spacial score (nSPS) is 10.4. The second kappa shape index (κ2) is 6.03. The van der Waals surface area contributed by atoms with Crippen LogP contribution in [0.1, 0.15) is 29.4 Å². The van der Waals surface area contributed by atoms with Crippen molar-refractivity contribution in [3.63, 3.8) is 0 Å². The number of hydrogen-bond acceptors (Lipinski definition) is 6. The van der Waals surface area contributed by atoms with E-state index in [1.165, 1.54) is 6.92 Å². The summed E-state index contributed by atoms with van der Waals surface area (Å²) in [4.78, 5) is 24.8. The number of rotatable bonds is 5. The first-order valence-electron chi connectivity index (χ1n) is 5.10. The Balaban J connectivity index is 3.49. The van der Waals surface area contributed by atoms with Crippen LogP contribution in [-0.2, 0) is 4.74 Å². The van der Waals surface area contributed by atoms with Gasteiger partial charge in [0.1, 0.15) is 5.56 Å². The highest BCUT2D eigenvalue weighted by molar-refractivity contribution is 5.92. The van der Waals surface area contributed by atoms with E-state index in [0.29, 0.717) is 6.20 Å². The minimum absolute atomic E-state index is 0.00800. The lowest BCUT2D eigenvalue weighted by Crippen LogP contribution is -2.12. The van der Waals surface area contributed by atoms with Gasteiger partial charge in [0, 0.05) is 6.20 Å². The number of nitrogens with zero attached hydrogens (tertiary/aromatic N) is 2. The molecule has 1 aromatic rings. The number of esters is 1. The molecule has 0 amide bonds. The zero-order valence-corrected chi connectivity index (χ0v) is 10.1. The van der Waals surface area contributed by atoms with Crippen molar-refractivity contribution in [3.8, 4) is 5.75 Å². The summed E-state index contributed by atoms with van der Waals surface area (Å²) in [6, 6.07) is 0. The van der Waals surface area contributed by atoms with Crippen LogP contribution in [0.15, 0.2) is 6.20 Å². The predicted molar refractivity (Wildman–Crippen MR) is 58.4 cm³/mol.